The Hall–Kier alpha value is -3.79. The van der Waals surface area contributed by atoms with E-state index in [2.05, 4.69) is 16.1 Å². The van der Waals surface area contributed by atoms with Crippen LogP contribution in [0.4, 0.5) is 5.69 Å². The molecule has 0 heterocycles. The number of amides is 2. The van der Waals surface area contributed by atoms with Crippen LogP contribution in [0.3, 0.4) is 0 Å². The quantitative estimate of drug-likeness (QED) is 0.192. The number of rotatable bonds is 10. The summed E-state index contributed by atoms with van der Waals surface area (Å²) >= 11 is 6.27. The first-order chi connectivity index (χ1) is 16.9. The number of hydrogen-bond donors (Lipinski definition) is 4. The van der Waals surface area contributed by atoms with Gasteiger partial charge in [0.05, 0.1) is 33.9 Å². The molecular weight excluding hydrogens is 472 g/mol. The zero-order valence-corrected chi connectivity index (χ0v) is 20.3. The molecule has 0 saturated carbocycles. The second kappa shape index (κ2) is 12.1. The van der Waals surface area contributed by atoms with Crippen LogP contribution in [0.1, 0.15) is 27.5 Å². The summed E-state index contributed by atoms with van der Waals surface area (Å²) in [5.41, 5.74) is 4.44. The summed E-state index contributed by atoms with van der Waals surface area (Å²) in [6.45, 7) is -0.0427. The molecule has 0 spiro atoms. The fraction of sp³-hybridized carbons (Fsp3) is 0.200. The molecule has 0 aliphatic heterocycles. The van der Waals surface area contributed by atoms with Crippen LogP contribution in [0.2, 0.25) is 5.02 Å². The average Bonchev–Trinajstić information content (AvgIpc) is 2.89. The van der Waals surface area contributed by atoms with Gasteiger partial charge in [-0.05, 0) is 35.4 Å². The molecular formula is C25H27ClN4O5. The zero-order valence-electron chi connectivity index (χ0n) is 19.6. The molecule has 3 aromatic carbocycles. The number of nitrogens with one attached hydrogen (secondary N) is 3. The summed E-state index contributed by atoms with van der Waals surface area (Å²) in [5, 5.41) is 6.53. The Morgan fingerprint density at radius 1 is 0.943 bits per heavy atom. The van der Waals surface area contributed by atoms with Gasteiger partial charge in [0.25, 0.3) is 5.91 Å². The molecule has 1 atom stereocenters. The highest BCUT2D eigenvalue weighted by Gasteiger charge is 2.22. The molecule has 0 aliphatic carbocycles. The molecule has 0 fully saturated rings. The first-order valence-electron chi connectivity index (χ1n) is 10.6. The maximum atomic E-state index is 13.3. The predicted octanol–water partition coefficient (Wildman–Crippen LogP) is 3.29. The summed E-state index contributed by atoms with van der Waals surface area (Å²) in [6, 6.07) is 17.3. The van der Waals surface area contributed by atoms with Crippen molar-refractivity contribution in [2.45, 2.75) is 6.04 Å². The Morgan fingerprint density at radius 2 is 1.60 bits per heavy atom. The van der Waals surface area contributed by atoms with E-state index in [-0.39, 0.29) is 18.0 Å². The Kier molecular flexibility index (Phi) is 8.91. The third kappa shape index (κ3) is 6.21. The van der Waals surface area contributed by atoms with Crippen LogP contribution in [0, 0.1) is 0 Å². The molecule has 3 rings (SSSR count). The topological polar surface area (TPSA) is 124 Å². The zero-order chi connectivity index (χ0) is 25.4. The van der Waals surface area contributed by atoms with Crippen LogP contribution >= 0.6 is 11.6 Å². The Morgan fingerprint density at radius 3 is 2.17 bits per heavy atom. The highest BCUT2D eigenvalue weighted by atomic mass is 35.5. The van der Waals surface area contributed by atoms with Crippen molar-refractivity contribution in [2.24, 2.45) is 5.84 Å². The number of methoxy groups -OCH3 is 3. The normalized spacial score (nSPS) is 11.3. The van der Waals surface area contributed by atoms with Crippen LogP contribution in [0.15, 0.2) is 60.7 Å². The minimum atomic E-state index is -0.444. The average molecular weight is 499 g/mol. The summed E-state index contributed by atoms with van der Waals surface area (Å²) in [5.74, 6) is 5.51. The lowest BCUT2D eigenvalue weighted by Crippen LogP contribution is -2.39. The number of anilines is 1. The van der Waals surface area contributed by atoms with E-state index in [9.17, 15) is 9.59 Å². The van der Waals surface area contributed by atoms with E-state index in [1.165, 1.54) is 21.3 Å². The molecule has 184 valence electrons. The largest absolute Gasteiger partial charge is 0.493 e. The first kappa shape index (κ1) is 25.8. The summed E-state index contributed by atoms with van der Waals surface area (Å²) in [7, 11) is 4.43. The molecule has 10 heteroatoms. The van der Waals surface area contributed by atoms with Crippen molar-refractivity contribution < 1.29 is 23.8 Å². The van der Waals surface area contributed by atoms with Gasteiger partial charge in [0.1, 0.15) is 0 Å². The summed E-state index contributed by atoms with van der Waals surface area (Å²) in [6.07, 6.45) is 0. The van der Waals surface area contributed by atoms with Gasteiger partial charge in [-0.15, -0.1) is 0 Å². The van der Waals surface area contributed by atoms with Crippen molar-refractivity contribution in [3.05, 3.63) is 82.4 Å². The first-order valence-corrected chi connectivity index (χ1v) is 11.0. The van der Waals surface area contributed by atoms with Gasteiger partial charge in [0.2, 0.25) is 11.7 Å². The summed E-state index contributed by atoms with van der Waals surface area (Å²) in [4.78, 5) is 25.1. The van der Waals surface area contributed by atoms with Crippen LogP contribution in [0.25, 0.3) is 0 Å². The van der Waals surface area contributed by atoms with Gasteiger partial charge in [-0.25, -0.2) is 5.84 Å². The van der Waals surface area contributed by atoms with E-state index in [1.54, 1.807) is 30.3 Å². The lowest BCUT2D eigenvalue weighted by molar-refractivity contribution is -0.120. The monoisotopic (exact) mass is 498 g/mol. The van der Waals surface area contributed by atoms with Gasteiger partial charge in [-0.1, -0.05) is 48.0 Å². The third-order valence-electron chi connectivity index (χ3n) is 5.26. The minimum Gasteiger partial charge on any atom is -0.493 e. The third-order valence-corrected chi connectivity index (χ3v) is 5.50. The minimum absolute atomic E-state index is 0.0427. The number of halogens is 1. The van der Waals surface area contributed by atoms with Gasteiger partial charge in [-0.2, -0.15) is 0 Å². The standard InChI is InChI=1S/C25H27ClN4O5/c1-33-20-11-16(12-21(34-2)24(20)35-3)25(32)29-19-13-17(26)9-10-18(19)23(28-14-22(31)30-27)15-7-5-4-6-8-15/h4-13,23,28H,14,27H2,1-3H3,(H,29,32)(H,30,31)/t23-/m0/s1. The van der Waals surface area contributed by atoms with E-state index in [4.69, 9.17) is 31.7 Å². The fourth-order valence-corrected chi connectivity index (χ4v) is 3.77. The van der Waals surface area contributed by atoms with Gasteiger partial charge >= 0.3 is 0 Å². The van der Waals surface area contributed by atoms with Gasteiger partial charge in [-0.3, -0.25) is 20.3 Å². The van der Waals surface area contributed by atoms with Crippen molar-refractivity contribution in [2.75, 3.05) is 33.2 Å². The maximum Gasteiger partial charge on any atom is 0.255 e. The van der Waals surface area contributed by atoms with E-state index in [0.717, 1.165) is 5.56 Å². The smallest absolute Gasteiger partial charge is 0.255 e. The van der Waals surface area contributed by atoms with Crippen LogP contribution in [0.5, 0.6) is 17.2 Å². The van der Waals surface area contributed by atoms with Gasteiger partial charge in [0, 0.05) is 16.3 Å². The lowest BCUT2D eigenvalue weighted by Gasteiger charge is -2.23. The molecule has 3 aromatic rings. The molecule has 0 bridgehead atoms. The van der Waals surface area contributed by atoms with Crippen molar-refractivity contribution in [3.63, 3.8) is 0 Å². The highest BCUT2D eigenvalue weighted by molar-refractivity contribution is 6.31. The molecule has 0 unspecified atom stereocenters. The number of benzene rings is 3. The van der Waals surface area contributed by atoms with Gasteiger partial charge in [0.15, 0.2) is 11.5 Å². The Bertz CT molecular complexity index is 1160. The SMILES string of the molecule is COc1cc(C(=O)Nc2cc(Cl)ccc2[C@@H](NCC(=O)NN)c2ccccc2)cc(OC)c1OC. The van der Waals surface area contributed by atoms with E-state index in [0.29, 0.717) is 33.5 Å². The van der Waals surface area contributed by atoms with Crippen molar-refractivity contribution >= 4 is 29.1 Å². The summed E-state index contributed by atoms with van der Waals surface area (Å²) < 4.78 is 16.1. The molecule has 0 radical (unpaired) electrons. The van der Waals surface area contributed by atoms with Crippen LogP contribution in [-0.4, -0.2) is 39.7 Å². The highest BCUT2D eigenvalue weighted by Crippen LogP contribution is 2.39. The molecule has 5 N–H and O–H groups in total. The van der Waals surface area contributed by atoms with E-state index in [1.807, 2.05) is 30.3 Å². The van der Waals surface area contributed by atoms with Gasteiger partial charge < -0.3 is 19.5 Å². The van der Waals surface area contributed by atoms with Crippen molar-refractivity contribution in [1.82, 2.24) is 10.7 Å². The number of nitrogens with two attached hydrogens (primary N) is 1. The van der Waals surface area contributed by atoms with Crippen molar-refractivity contribution in [3.8, 4) is 17.2 Å². The second-order valence-electron chi connectivity index (χ2n) is 7.39. The second-order valence-corrected chi connectivity index (χ2v) is 7.83. The number of hydrazine groups is 1. The lowest BCUT2D eigenvalue weighted by atomic mass is 9.96. The molecule has 0 saturated heterocycles. The number of ether oxygens (including phenoxy) is 3. The van der Waals surface area contributed by atoms with Crippen molar-refractivity contribution in [1.29, 1.82) is 0 Å². The predicted molar refractivity (Wildman–Crippen MR) is 134 cm³/mol. The fourth-order valence-electron chi connectivity index (χ4n) is 3.59. The molecule has 2 amide bonds. The molecule has 9 nitrogen and oxygen atoms in total. The molecule has 35 heavy (non-hydrogen) atoms. The van der Waals surface area contributed by atoms with E-state index < -0.39 is 11.9 Å². The number of carbonyl (C=O) groups is 2. The Balaban J connectivity index is 2.01. The molecule has 0 aromatic heterocycles. The van der Waals surface area contributed by atoms with Crippen LogP contribution in [-0.2, 0) is 4.79 Å². The number of hydrogen-bond acceptors (Lipinski definition) is 7. The molecule has 0 aliphatic rings. The Labute approximate surface area is 208 Å². The van der Waals surface area contributed by atoms with Crippen LogP contribution < -0.4 is 36.1 Å². The maximum absolute atomic E-state index is 13.3. The number of carbonyl (C=O) groups excluding carboxylic acids is 2. The van der Waals surface area contributed by atoms with E-state index >= 15 is 0 Å².